The van der Waals surface area contributed by atoms with E-state index in [0.29, 0.717) is 0 Å². The predicted octanol–water partition coefficient (Wildman–Crippen LogP) is 2.44. The highest BCUT2D eigenvalue weighted by Crippen LogP contribution is 2.12. The number of benzene rings is 2. The van der Waals surface area contributed by atoms with E-state index in [0.717, 1.165) is 25.6 Å². The van der Waals surface area contributed by atoms with E-state index in [1.165, 1.54) is 16.7 Å². The van der Waals surface area contributed by atoms with Gasteiger partial charge in [0.2, 0.25) is 0 Å². The molecular weight excluding hydrogens is 234 g/mol. The van der Waals surface area contributed by atoms with Gasteiger partial charge in [0, 0.05) is 13.1 Å². The summed E-state index contributed by atoms with van der Waals surface area (Å²) in [4.78, 5) is 4.57. The molecule has 2 aromatic rings. The summed E-state index contributed by atoms with van der Waals surface area (Å²) in [7, 11) is 0. The van der Waals surface area contributed by atoms with Crippen LogP contribution in [0.1, 0.15) is 16.7 Å². The highest BCUT2D eigenvalue weighted by Gasteiger charge is 2.07. The van der Waals surface area contributed by atoms with Crippen LogP contribution in [0.4, 0.5) is 0 Å². The van der Waals surface area contributed by atoms with Crippen LogP contribution in [0.15, 0.2) is 59.6 Å². The summed E-state index contributed by atoms with van der Waals surface area (Å²) in [6, 6.07) is 18.8. The molecule has 2 aromatic carbocycles. The van der Waals surface area contributed by atoms with Crippen molar-refractivity contribution in [2.24, 2.45) is 4.99 Å². The molecule has 3 nitrogen and oxygen atoms in total. The van der Waals surface area contributed by atoms with Gasteiger partial charge in [-0.3, -0.25) is 0 Å². The van der Waals surface area contributed by atoms with Crippen LogP contribution < -0.4 is 10.6 Å². The van der Waals surface area contributed by atoms with Crippen molar-refractivity contribution >= 4 is 5.96 Å². The quantitative estimate of drug-likeness (QED) is 0.860. The number of hydrogen-bond donors (Lipinski definition) is 2. The molecule has 3 rings (SSSR count). The molecule has 0 saturated carbocycles. The van der Waals surface area contributed by atoms with Crippen LogP contribution in [-0.2, 0) is 19.6 Å². The number of fused-ring (bicyclic) bond motifs is 1. The maximum atomic E-state index is 4.57. The van der Waals surface area contributed by atoms with Crippen LogP contribution in [0.2, 0.25) is 0 Å². The van der Waals surface area contributed by atoms with Gasteiger partial charge in [-0.25, -0.2) is 4.99 Å². The Hall–Kier alpha value is -2.29. The SMILES string of the molecule is c1ccc(CNC2=NCc3ccccc3CN2)cc1. The van der Waals surface area contributed by atoms with E-state index in [4.69, 9.17) is 0 Å². The molecule has 0 spiro atoms. The third-order valence-corrected chi connectivity index (χ3v) is 3.27. The summed E-state index contributed by atoms with van der Waals surface area (Å²) in [6.07, 6.45) is 0. The second-order valence-corrected chi connectivity index (χ2v) is 4.63. The van der Waals surface area contributed by atoms with Crippen LogP contribution in [0.5, 0.6) is 0 Å². The zero-order valence-electron chi connectivity index (χ0n) is 10.8. The fourth-order valence-electron chi connectivity index (χ4n) is 2.18. The van der Waals surface area contributed by atoms with Crippen molar-refractivity contribution in [1.82, 2.24) is 10.6 Å². The average Bonchev–Trinajstić information content (AvgIpc) is 2.69. The molecule has 0 amide bonds. The molecule has 19 heavy (non-hydrogen) atoms. The summed E-state index contributed by atoms with van der Waals surface area (Å²) < 4.78 is 0. The van der Waals surface area contributed by atoms with E-state index < -0.39 is 0 Å². The Bertz CT molecular complexity index is 576. The van der Waals surface area contributed by atoms with Gasteiger partial charge >= 0.3 is 0 Å². The minimum Gasteiger partial charge on any atom is -0.352 e. The Morgan fingerprint density at radius 2 is 1.68 bits per heavy atom. The van der Waals surface area contributed by atoms with Crippen LogP contribution in [-0.4, -0.2) is 5.96 Å². The van der Waals surface area contributed by atoms with E-state index in [1.54, 1.807) is 0 Å². The third-order valence-electron chi connectivity index (χ3n) is 3.27. The molecule has 1 aliphatic heterocycles. The lowest BCUT2D eigenvalue weighted by Gasteiger charge is -2.10. The smallest absolute Gasteiger partial charge is 0.192 e. The van der Waals surface area contributed by atoms with E-state index in [2.05, 4.69) is 64.2 Å². The van der Waals surface area contributed by atoms with Gasteiger partial charge in [0.1, 0.15) is 0 Å². The molecule has 96 valence electrons. The normalized spacial score (nSPS) is 13.8. The van der Waals surface area contributed by atoms with E-state index in [-0.39, 0.29) is 0 Å². The standard InChI is InChI=1S/C16H17N3/c1-2-6-13(7-3-1)10-17-16-18-11-14-8-4-5-9-15(14)12-19-16/h1-9H,10-12H2,(H2,17,18,19). The van der Waals surface area contributed by atoms with Crippen molar-refractivity contribution in [2.75, 3.05) is 0 Å². The first-order valence-electron chi connectivity index (χ1n) is 6.55. The van der Waals surface area contributed by atoms with Crippen molar-refractivity contribution in [3.8, 4) is 0 Å². The van der Waals surface area contributed by atoms with Gasteiger partial charge in [-0.05, 0) is 16.7 Å². The van der Waals surface area contributed by atoms with Crippen LogP contribution in [0.3, 0.4) is 0 Å². The van der Waals surface area contributed by atoms with Gasteiger partial charge in [0.05, 0.1) is 6.54 Å². The molecule has 0 unspecified atom stereocenters. The van der Waals surface area contributed by atoms with Crippen molar-refractivity contribution in [3.63, 3.8) is 0 Å². The highest BCUT2D eigenvalue weighted by molar-refractivity contribution is 5.80. The second kappa shape index (κ2) is 5.57. The number of nitrogens with one attached hydrogen (secondary N) is 2. The monoisotopic (exact) mass is 251 g/mol. The zero-order chi connectivity index (χ0) is 12.9. The Morgan fingerprint density at radius 1 is 0.947 bits per heavy atom. The summed E-state index contributed by atoms with van der Waals surface area (Å²) in [5.41, 5.74) is 3.88. The molecular formula is C16H17N3. The van der Waals surface area contributed by atoms with Gasteiger partial charge in [0.25, 0.3) is 0 Å². The summed E-state index contributed by atoms with van der Waals surface area (Å²) in [6.45, 7) is 2.36. The molecule has 3 heteroatoms. The van der Waals surface area contributed by atoms with Crippen molar-refractivity contribution < 1.29 is 0 Å². The van der Waals surface area contributed by atoms with Gasteiger partial charge in [-0.1, -0.05) is 54.6 Å². The number of guanidine groups is 1. The topological polar surface area (TPSA) is 36.4 Å². The largest absolute Gasteiger partial charge is 0.352 e. The molecule has 0 aliphatic carbocycles. The molecule has 0 bridgehead atoms. The number of hydrogen-bond acceptors (Lipinski definition) is 3. The first-order valence-corrected chi connectivity index (χ1v) is 6.55. The Morgan fingerprint density at radius 3 is 2.53 bits per heavy atom. The molecule has 0 fully saturated rings. The van der Waals surface area contributed by atoms with Crippen molar-refractivity contribution in [3.05, 3.63) is 71.3 Å². The first kappa shape index (κ1) is 11.8. The summed E-state index contributed by atoms with van der Waals surface area (Å²) in [5, 5.41) is 6.70. The molecule has 0 atom stereocenters. The summed E-state index contributed by atoms with van der Waals surface area (Å²) >= 11 is 0. The summed E-state index contributed by atoms with van der Waals surface area (Å²) in [5.74, 6) is 0.875. The number of rotatable bonds is 2. The van der Waals surface area contributed by atoms with Gasteiger partial charge in [-0.2, -0.15) is 0 Å². The van der Waals surface area contributed by atoms with Crippen LogP contribution in [0.25, 0.3) is 0 Å². The number of nitrogens with zero attached hydrogens (tertiary/aromatic N) is 1. The maximum absolute atomic E-state index is 4.57. The zero-order valence-corrected chi connectivity index (χ0v) is 10.8. The Kier molecular flexibility index (Phi) is 3.45. The van der Waals surface area contributed by atoms with E-state index in [1.807, 2.05) is 6.07 Å². The van der Waals surface area contributed by atoms with Crippen molar-refractivity contribution in [1.29, 1.82) is 0 Å². The minimum absolute atomic E-state index is 0.736. The Balaban J connectivity index is 1.63. The lowest BCUT2D eigenvalue weighted by Crippen LogP contribution is -2.35. The van der Waals surface area contributed by atoms with Gasteiger partial charge in [-0.15, -0.1) is 0 Å². The van der Waals surface area contributed by atoms with Gasteiger partial charge in [0.15, 0.2) is 5.96 Å². The van der Waals surface area contributed by atoms with E-state index >= 15 is 0 Å². The molecule has 1 heterocycles. The first-order chi connectivity index (χ1) is 9.42. The minimum atomic E-state index is 0.736. The lowest BCUT2D eigenvalue weighted by molar-refractivity contribution is 0.815. The number of aliphatic imine (C=N–C) groups is 1. The Labute approximate surface area is 113 Å². The molecule has 2 N–H and O–H groups in total. The van der Waals surface area contributed by atoms with Crippen LogP contribution >= 0.6 is 0 Å². The lowest BCUT2D eigenvalue weighted by atomic mass is 10.1. The van der Waals surface area contributed by atoms with Crippen molar-refractivity contribution in [2.45, 2.75) is 19.6 Å². The molecule has 0 aromatic heterocycles. The molecule has 1 aliphatic rings. The molecule has 0 saturated heterocycles. The average molecular weight is 251 g/mol. The highest BCUT2D eigenvalue weighted by atomic mass is 15.2. The fourth-order valence-corrected chi connectivity index (χ4v) is 2.18. The third kappa shape index (κ3) is 2.94. The second-order valence-electron chi connectivity index (χ2n) is 4.63. The van der Waals surface area contributed by atoms with Gasteiger partial charge < -0.3 is 10.6 Å². The fraction of sp³-hybridized carbons (Fsp3) is 0.188. The maximum Gasteiger partial charge on any atom is 0.192 e. The van der Waals surface area contributed by atoms with E-state index in [9.17, 15) is 0 Å². The predicted molar refractivity (Wildman–Crippen MR) is 77.7 cm³/mol. The van der Waals surface area contributed by atoms with Crippen LogP contribution in [0, 0.1) is 0 Å². The molecule has 0 radical (unpaired) electrons.